The van der Waals surface area contributed by atoms with E-state index in [0.29, 0.717) is 18.1 Å². The third kappa shape index (κ3) is 5.31. The van der Waals surface area contributed by atoms with Gasteiger partial charge in [0, 0.05) is 0 Å². The molecule has 0 spiro atoms. The number of carbonyl (C=O) groups excluding carboxylic acids is 1. The molecule has 0 saturated carbocycles. The Kier molecular flexibility index (Phi) is 6.11. The second-order valence-electron chi connectivity index (χ2n) is 5.96. The van der Waals surface area contributed by atoms with Crippen LogP contribution in [-0.4, -0.2) is 12.5 Å². The van der Waals surface area contributed by atoms with Crippen molar-refractivity contribution in [1.82, 2.24) is 0 Å². The predicted octanol–water partition coefficient (Wildman–Crippen LogP) is 5.53. The number of furan rings is 1. The van der Waals surface area contributed by atoms with Crippen LogP contribution in [0.5, 0.6) is 11.5 Å². The van der Waals surface area contributed by atoms with Crippen LogP contribution in [0.4, 0.5) is 18.9 Å². The molecule has 1 heterocycles. The minimum Gasteiger partial charge on any atom is -0.494 e. The van der Waals surface area contributed by atoms with Crippen molar-refractivity contribution in [2.75, 3.05) is 11.9 Å². The number of anilines is 1. The molecule has 0 saturated heterocycles. The largest absolute Gasteiger partial charge is 0.494 e. The maximum absolute atomic E-state index is 13.0. The molecule has 1 aromatic heterocycles. The summed E-state index contributed by atoms with van der Waals surface area (Å²) in [6, 6.07) is 14.6. The molecule has 1 amide bonds. The molecule has 0 unspecified atom stereocenters. The lowest BCUT2D eigenvalue weighted by Gasteiger charge is -2.12. The Balaban J connectivity index is 1.62. The molecule has 3 aromatic rings. The summed E-state index contributed by atoms with van der Waals surface area (Å²) in [5.41, 5.74) is -1.27. The molecular formula is C21H18F3NO4. The van der Waals surface area contributed by atoms with Crippen molar-refractivity contribution in [2.45, 2.75) is 19.7 Å². The minimum absolute atomic E-state index is 0.0560. The molecule has 8 heteroatoms. The van der Waals surface area contributed by atoms with Crippen molar-refractivity contribution in [2.24, 2.45) is 0 Å². The number of rotatable bonds is 7. The molecule has 0 radical (unpaired) electrons. The first kappa shape index (κ1) is 20.3. The van der Waals surface area contributed by atoms with Crippen LogP contribution in [-0.2, 0) is 12.8 Å². The standard InChI is InChI=1S/C21H18F3NO4/c1-2-27-14-7-9-15(10-8-14)28-13-16-11-12-19(29-16)20(26)25-18-6-4-3-5-17(18)21(22,23)24/h3-12H,2,13H2,1H3,(H,25,26). The van der Waals surface area contributed by atoms with E-state index < -0.39 is 17.6 Å². The molecule has 152 valence electrons. The van der Waals surface area contributed by atoms with E-state index in [1.165, 1.54) is 30.3 Å². The van der Waals surface area contributed by atoms with Crippen LogP contribution in [0.25, 0.3) is 0 Å². The van der Waals surface area contributed by atoms with Crippen LogP contribution in [0, 0.1) is 0 Å². The van der Waals surface area contributed by atoms with E-state index in [-0.39, 0.29) is 18.1 Å². The van der Waals surface area contributed by atoms with Gasteiger partial charge in [0.15, 0.2) is 5.76 Å². The number of amides is 1. The van der Waals surface area contributed by atoms with Gasteiger partial charge in [0.05, 0.1) is 17.9 Å². The zero-order valence-electron chi connectivity index (χ0n) is 15.5. The molecule has 0 aliphatic rings. The minimum atomic E-state index is -4.58. The van der Waals surface area contributed by atoms with Crippen LogP contribution in [0.2, 0.25) is 0 Å². The SMILES string of the molecule is CCOc1ccc(OCc2ccc(C(=O)Nc3ccccc3C(F)(F)F)o2)cc1. The maximum atomic E-state index is 13.0. The van der Waals surface area contributed by atoms with E-state index in [9.17, 15) is 18.0 Å². The molecule has 1 N–H and O–H groups in total. The molecule has 0 aliphatic heterocycles. The summed E-state index contributed by atoms with van der Waals surface area (Å²) in [5, 5.41) is 2.23. The lowest BCUT2D eigenvalue weighted by molar-refractivity contribution is -0.136. The Morgan fingerprint density at radius 2 is 1.62 bits per heavy atom. The van der Waals surface area contributed by atoms with Crippen LogP contribution in [0.3, 0.4) is 0 Å². The Labute approximate surface area is 165 Å². The van der Waals surface area contributed by atoms with Crippen molar-refractivity contribution in [3.05, 3.63) is 77.7 Å². The van der Waals surface area contributed by atoms with Crippen molar-refractivity contribution in [3.8, 4) is 11.5 Å². The summed E-state index contributed by atoms with van der Waals surface area (Å²) in [6.45, 7) is 2.50. The lowest BCUT2D eigenvalue weighted by atomic mass is 10.1. The predicted molar refractivity (Wildman–Crippen MR) is 100 cm³/mol. The van der Waals surface area contributed by atoms with Crippen LogP contribution < -0.4 is 14.8 Å². The number of hydrogen-bond acceptors (Lipinski definition) is 4. The zero-order chi connectivity index (χ0) is 20.9. The highest BCUT2D eigenvalue weighted by atomic mass is 19.4. The van der Waals surface area contributed by atoms with Gasteiger partial charge in [0.2, 0.25) is 0 Å². The van der Waals surface area contributed by atoms with Crippen LogP contribution >= 0.6 is 0 Å². The van der Waals surface area contributed by atoms with Gasteiger partial charge in [-0.2, -0.15) is 13.2 Å². The molecule has 0 aliphatic carbocycles. The molecule has 3 rings (SSSR count). The fourth-order valence-electron chi connectivity index (χ4n) is 2.55. The fourth-order valence-corrected chi connectivity index (χ4v) is 2.55. The first-order valence-electron chi connectivity index (χ1n) is 8.78. The van der Waals surface area contributed by atoms with Gasteiger partial charge in [0.25, 0.3) is 5.91 Å². The summed E-state index contributed by atoms with van der Waals surface area (Å²) in [5.74, 6) is 0.750. The lowest BCUT2D eigenvalue weighted by Crippen LogP contribution is -2.16. The normalized spacial score (nSPS) is 11.2. The van der Waals surface area contributed by atoms with Gasteiger partial charge in [-0.1, -0.05) is 12.1 Å². The first-order valence-corrected chi connectivity index (χ1v) is 8.78. The third-order valence-corrected chi connectivity index (χ3v) is 3.88. The Morgan fingerprint density at radius 1 is 0.966 bits per heavy atom. The highest BCUT2D eigenvalue weighted by Gasteiger charge is 2.33. The smallest absolute Gasteiger partial charge is 0.418 e. The summed E-state index contributed by atoms with van der Waals surface area (Å²) >= 11 is 0. The third-order valence-electron chi connectivity index (χ3n) is 3.88. The Morgan fingerprint density at radius 3 is 2.28 bits per heavy atom. The molecule has 2 aromatic carbocycles. The van der Waals surface area contributed by atoms with E-state index in [1.54, 1.807) is 24.3 Å². The summed E-state index contributed by atoms with van der Waals surface area (Å²) in [4.78, 5) is 12.3. The molecule has 0 atom stereocenters. The van der Waals surface area contributed by atoms with E-state index >= 15 is 0 Å². The van der Waals surface area contributed by atoms with Gasteiger partial charge in [0.1, 0.15) is 23.9 Å². The maximum Gasteiger partial charge on any atom is 0.418 e. The summed E-state index contributed by atoms with van der Waals surface area (Å²) < 4.78 is 55.4. The quantitative estimate of drug-likeness (QED) is 0.562. The number of hydrogen-bond donors (Lipinski definition) is 1. The van der Waals surface area contributed by atoms with E-state index in [2.05, 4.69) is 5.32 Å². The van der Waals surface area contributed by atoms with Crippen molar-refractivity contribution in [3.63, 3.8) is 0 Å². The van der Waals surface area contributed by atoms with Gasteiger partial charge in [-0.3, -0.25) is 4.79 Å². The fraction of sp³-hybridized carbons (Fsp3) is 0.190. The molecule has 0 fully saturated rings. The van der Waals surface area contributed by atoms with E-state index in [4.69, 9.17) is 13.9 Å². The number of halogens is 3. The number of nitrogens with one attached hydrogen (secondary N) is 1. The van der Waals surface area contributed by atoms with Crippen LogP contribution in [0.15, 0.2) is 65.1 Å². The van der Waals surface area contributed by atoms with Gasteiger partial charge < -0.3 is 19.2 Å². The average Bonchev–Trinajstić information content (AvgIpc) is 3.16. The van der Waals surface area contributed by atoms with Gasteiger partial charge in [-0.25, -0.2) is 0 Å². The number of alkyl halides is 3. The second-order valence-corrected chi connectivity index (χ2v) is 5.96. The second kappa shape index (κ2) is 8.72. The van der Waals surface area contributed by atoms with Crippen molar-refractivity contribution in [1.29, 1.82) is 0 Å². The average molecular weight is 405 g/mol. The Bertz CT molecular complexity index is 965. The topological polar surface area (TPSA) is 60.7 Å². The summed E-state index contributed by atoms with van der Waals surface area (Å²) in [7, 11) is 0. The monoisotopic (exact) mass is 405 g/mol. The number of carbonyl (C=O) groups is 1. The highest BCUT2D eigenvalue weighted by molar-refractivity contribution is 6.02. The molecular weight excluding hydrogens is 387 g/mol. The first-order chi connectivity index (χ1) is 13.9. The van der Waals surface area contributed by atoms with E-state index in [0.717, 1.165) is 11.8 Å². The number of ether oxygens (including phenoxy) is 2. The Hall–Kier alpha value is -3.42. The molecule has 5 nitrogen and oxygen atoms in total. The van der Waals surface area contributed by atoms with Crippen molar-refractivity contribution >= 4 is 11.6 Å². The van der Waals surface area contributed by atoms with Gasteiger partial charge >= 0.3 is 6.18 Å². The number of benzene rings is 2. The highest BCUT2D eigenvalue weighted by Crippen LogP contribution is 2.34. The zero-order valence-corrected chi connectivity index (χ0v) is 15.5. The molecule has 0 bridgehead atoms. The summed E-state index contributed by atoms with van der Waals surface area (Å²) in [6.07, 6.45) is -4.58. The van der Waals surface area contributed by atoms with E-state index in [1.807, 2.05) is 6.92 Å². The van der Waals surface area contributed by atoms with Crippen molar-refractivity contribution < 1.29 is 31.9 Å². The number of para-hydroxylation sites is 1. The van der Waals surface area contributed by atoms with Crippen LogP contribution in [0.1, 0.15) is 28.8 Å². The van der Waals surface area contributed by atoms with Gasteiger partial charge in [-0.05, 0) is 55.5 Å². The molecule has 29 heavy (non-hydrogen) atoms. The van der Waals surface area contributed by atoms with Gasteiger partial charge in [-0.15, -0.1) is 0 Å².